The van der Waals surface area contributed by atoms with Crippen LogP contribution in [0.1, 0.15) is 13.3 Å². The predicted molar refractivity (Wildman–Crippen MR) is 47.6 cm³/mol. The molecule has 1 aliphatic rings. The molecule has 76 valence electrons. The van der Waals surface area contributed by atoms with Crippen LogP contribution in [0.3, 0.4) is 0 Å². The minimum atomic E-state index is -1.69. The molecule has 0 saturated heterocycles. The summed E-state index contributed by atoms with van der Waals surface area (Å²) in [6.07, 6.45) is 2.64. The lowest BCUT2D eigenvalue weighted by Gasteiger charge is -2.24. The van der Waals surface area contributed by atoms with Gasteiger partial charge in [0, 0.05) is 13.1 Å². The highest BCUT2D eigenvalue weighted by Gasteiger charge is 2.28. The van der Waals surface area contributed by atoms with Gasteiger partial charge in [0.15, 0.2) is 0 Å². The highest BCUT2D eigenvalue weighted by Crippen LogP contribution is 2.08. The third-order valence-corrected chi connectivity index (χ3v) is 2.01. The molecule has 1 aliphatic heterocycles. The summed E-state index contributed by atoms with van der Waals surface area (Å²) in [5, 5.41) is 8.34. The number of carbonyl (C=O) groups is 3. The second-order valence-corrected chi connectivity index (χ2v) is 3.20. The Kier molecular flexibility index (Phi) is 3.01. The van der Waals surface area contributed by atoms with Crippen LogP contribution in [0.15, 0.2) is 11.6 Å². The SMILES string of the molecule is CC1=CCCN(C(=O)C(=O)C(=O)O)C1. The van der Waals surface area contributed by atoms with Crippen molar-refractivity contribution in [1.82, 2.24) is 4.90 Å². The Balaban J connectivity index is 2.67. The maximum Gasteiger partial charge on any atom is 0.382 e. The monoisotopic (exact) mass is 197 g/mol. The molecule has 14 heavy (non-hydrogen) atoms. The molecule has 0 saturated carbocycles. The molecule has 0 aliphatic carbocycles. The smallest absolute Gasteiger partial charge is 0.382 e. The third kappa shape index (κ3) is 2.18. The van der Waals surface area contributed by atoms with Gasteiger partial charge in [-0.25, -0.2) is 4.79 Å². The number of hydrogen-bond acceptors (Lipinski definition) is 3. The molecule has 5 nitrogen and oxygen atoms in total. The van der Waals surface area contributed by atoms with E-state index in [4.69, 9.17) is 5.11 Å². The summed E-state index contributed by atoms with van der Waals surface area (Å²) in [6.45, 7) is 2.59. The van der Waals surface area contributed by atoms with Crippen LogP contribution in [0, 0.1) is 0 Å². The Hall–Kier alpha value is -1.65. The quantitative estimate of drug-likeness (QED) is 0.378. The number of nitrogens with zero attached hydrogens (tertiary/aromatic N) is 1. The van der Waals surface area contributed by atoms with Crippen molar-refractivity contribution < 1.29 is 19.5 Å². The van der Waals surface area contributed by atoms with E-state index in [1.165, 1.54) is 4.90 Å². The Morgan fingerprint density at radius 1 is 1.43 bits per heavy atom. The van der Waals surface area contributed by atoms with Crippen molar-refractivity contribution in [1.29, 1.82) is 0 Å². The van der Waals surface area contributed by atoms with Crippen molar-refractivity contribution in [2.45, 2.75) is 13.3 Å². The largest absolute Gasteiger partial charge is 0.475 e. The summed E-state index contributed by atoms with van der Waals surface area (Å²) >= 11 is 0. The molecule has 0 aromatic heterocycles. The average Bonchev–Trinajstić information content (AvgIpc) is 2.15. The zero-order valence-corrected chi connectivity index (χ0v) is 7.82. The lowest BCUT2D eigenvalue weighted by atomic mass is 10.1. The van der Waals surface area contributed by atoms with Gasteiger partial charge in [-0.1, -0.05) is 11.6 Å². The normalized spacial score (nSPS) is 16.1. The van der Waals surface area contributed by atoms with E-state index in [-0.39, 0.29) is 0 Å². The molecule has 0 aromatic carbocycles. The first-order chi connectivity index (χ1) is 6.52. The van der Waals surface area contributed by atoms with Crippen molar-refractivity contribution in [3.63, 3.8) is 0 Å². The van der Waals surface area contributed by atoms with Crippen molar-refractivity contribution in [2.24, 2.45) is 0 Å². The lowest BCUT2D eigenvalue weighted by molar-refractivity contribution is -0.156. The standard InChI is InChI=1S/C9H11NO4/c1-6-3-2-4-10(5-6)8(12)7(11)9(13)14/h3H,2,4-5H2,1H3,(H,13,14). The minimum absolute atomic E-state index is 0.345. The minimum Gasteiger partial charge on any atom is -0.475 e. The number of carboxylic acid groups (broad SMARTS) is 1. The van der Waals surface area contributed by atoms with Crippen LogP contribution in [0.25, 0.3) is 0 Å². The molecule has 0 radical (unpaired) electrons. The number of Topliss-reactive ketones (excluding diaryl/α,β-unsaturated/α-hetero) is 1. The number of amides is 1. The molecular formula is C9H11NO4. The maximum atomic E-state index is 11.3. The van der Waals surface area contributed by atoms with Crippen LogP contribution >= 0.6 is 0 Å². The highest BCUT2D eigenvalue weighted by molar-refractivity contribution is 6.61. The Bertz CT molecular complexity index is 319. The van der Waals surface area contributed by atoms with Crippen LogP contribution in [0.5, 0.6) is 0 Å². The van der Waals surface area contributed by atoms with Gasteiger partial charge in [0.1, 0.15) is 0 Å². The fourth-order valence-electron chi connectivity index (χ4n) is 1.32. The van der Waals surface area contributed by atoms with Gasteiger partial charge in [-0.3, -0.25) is 9.59 Å². The molecule has 1 amide bonds. The van der Waals surface area contributed by atoms with Crippen molar-refractivity contribution in [3.05, 3.63) is 11.6 Å². The van der Waals surface area contributed by atoms with Gasteiger partial charge >= 0.3 is 17.7 Å². The zero-order chi connectivity index (χ0) is 10.7. The summed E-state index contributed by atoms with van der Waals surface area (Å²) in [7, 11) is 0. The highest BCUT2D eigenvalue weighted by atomic mass is 16.4. The van der Waals surface area contributed by atoms with E-state index < -0.39 is 17.7 Å². The van der Waals surface area contributed by atoms with Crippen LogP contribution < -0.4 is 0 Å². The first-order valence-electron chi connectivity index (χ1n) is 4.24. The van der Waals surface area contributed by atoms with Crippen LogP contribution in [0.2, 0.25) is 0 Å². The Morgan fingerprint density at radius 2 is 2.07 bits per heavy atom. The van der Waals surface area contributed by atoms with Crippen LogP contribution in [-0.4, -0.2) is 40.8 Å². The van der Waals surface area contributed by atoms with Gasteiger partial charge in [-0.05, 0) is 13.3 Å². The van der Waals surface area contributed by atoms with Gasteiger partial charge in [0.2, 0.25) is 0 Å². The summed E-state index contributed by atoms with van der Waals surface area (Å²) < 4.78 is 0. The Labute approximate surface area is 81.0 Å². The topological polar surface area (TPSA) is 74.7 Å². The number of carboxylic acids is 1. The first kappa shape index (κ1) is 10.4. The van der Waals surface area contributed by atoms with Crippen molar-refractivity contribution in [3.8, 4) is 0 Å². The van der Waals surface area contributed by atoms with Gasteiger partial charge < -0.3 is 10.0 Å². The van der Waals surface area contributed by atoms with Gasteiger partial charge in [-0.15, -0.1) is 0 Å². The van der Waals surface area contributed by atoms with Gasteiger partial charge in [0.05, 0.1) is 0 Å². The van der Waals surface area contributed by atoms with Gasteiger partial charge in [0.25, 0.3) is 0 Å². The molecule has 1 rings (SSSR count). The molecule has 0 atom stereocenters. The molecule has 0 fully saturated rings. The van der Waals surface area contributed by atoms with Gasteiger partial charge in [-0.2, -0.15) is 0 Å². The van der Waals surface area contributed by atoms with E-state index in [0.29, 0.717) is 19.5 Å². The third-order valence-electron chi connectivity index (χ3n) is 2.01. The molecule has 0 unspecified atom stereocenters. The molecular weight excluding hydrogens is 186 g/mol. The molecule has 5 heteroatoms. The van der Waals surface area contributed by atoms with Crippen LogP contribution in [0.4, 0.5) is 0 Å². The fourth-order valence-corrected chi connectivity index (χ4v) is 1.32. The molecule has 1 heterocycles. The van der Waals surface area contributed by atoms with Crippen LogP contribution in [-0.2, 0) is 14.4 Å². The summed E-state index contributed by atoms with van der Waals surface area (Å²) in [6, 6.07) is 0. The number of hydrogen-bond donors (Lipinski definition) is 1. The van der Waals surface area contributed by atoms with E-state index >= 15 is 0 Å². The summed E-state index contributed by atoms with van der Waals surface area (Å²) in [4.78, 5) is 33.6. The summed E-state index contributed by atoms with van der Waals surface area (Å²) in [5.74, 6) is -3.98. The second-order valence-electron chi connectivity index (χ2n) is 3.20. The van der Waals surface area contributed by atoms with E-state index in [1.807, 2.05) is 13.0 Å². The van der Waals surface area contributed by atoms with E-state index in [1.54, 1.807) is 0 Å². The Morgan fingerprint density at radius 3 is 2.57 bits per heavy atom. The fraction of sp³-hybridized carbons (Fsp3) is 0.444. The lowest BCUT2D eigenvalue weighted by Crippen LogP contribution is -2.42. The number of aliphatic carboxylic acids is 1. The number of carbonyl (C=O) groups excluding carboxylic acids is 2. The predicted octanol–water partition coefficient (Wildman–Crippen LogP) is -0.181. The van der Waals surface area contributed by atoms with Crippen molar-refractivity contribution in [2.75, 3.05) is 13.1 Å². The molecule has 0 spiro atoms. The number of ketones is 1. The average molecular weight is 197 g/mol. The van der Waals surface area contributed by atoms with Crippen molar-refractivity contribution >= 4 is 17.7 Å². The second kappa shape index (κ2) is 4.04. The first-order valence-corrected chi connectivity index (χ1v) is 4.24. The maximum absolute atomic E-state index is 11.3. The molecule has 1 N–H and O–H groups in total. The summed E-state index contributed by atoms with van der Waals surface area (Å²) in [5.41, 5.74) is 0.975. The van der Waals surface area contributed by atoms with E-state index in [9.17, 15) is 14.4 Å². The molecule has 0 aromatic rings. The van der Waals surface area contributed by atoms with E-state index in [2.05, 4.69) is 0 Å². The molecule has 0 bridgehead atoms. The zero-order valence-electron chi connectivity index (χ0n) is 7.82. The number of rotatable bonds is 2. The van der Waals surface area contributed by atoms with E-state index in [0.717, 1.165) is 5.57 Å².